The van der Waals surface area contributed by atoms with E-state index in [0.717, 1.165) is 11.4 Å². The van der Waals surface area contributed by atoms with Crippen molar-refractivity contribution in [2.75, 3.05) is 0 Å². The van der Waals surface area contributed by atoms with Crippen molar-refractivity contribution in [2.24, 2.45) is 0 Å². The van der Waals surface area contributed by atoms with Crippen LogP contribution in [0.5, 0.6) is 0 Å². The zero-order chi connectivity index (χ0) is 43.3. The van der Waals surface area contributed by atoms with Gasteiger partial charge in [0.05, 0.1) is 54.9 Å². The summed E-state index contributed by atoms with van der Waals surface area (Å²) in [5, 5.41) is 13.1. The number of nitrogens with zero attached hydrogens (tertiary/aromatic N) is 4. The maximum Gasteiger partial charge on any atom is 0.263 e. The smallest absolute Gasteiger partial charge is 0.263 e. The molecule has 4 nitrogen and oxygen atoms in total. The summed E-state index contributed by atoms with van der Waals surface area (Å²) in [5.74, 6) is 0. The number of hydrogen-bond donors (Lipinski definition) is 0. The maximum absolute atomic E-state index is 2.66. The van der Waals surface area contributed by atoms with Crippen molar-refractivity contribution >= 4 is 80.3 Å². The maximum atomic E-state index is 2.66. The van der Waals surface area contributed by atoms with E-state index in [9.17, 15) is 0 Å². The van der Waals surface area contributed by atoms with Gasteiger partial charge in [-0.25, -0.2) is 0 Å². The standard InChI is InChI=1S/C60H40N4P2/c1-3-17-43(18-4-1)63-55-29-15-32-58-59(55)60-56(30-16-31-57(60)65(63)45-37-33-41(34-38-45)61-51-25-11-7-21-47(51)48-22-8-12-26-52(48)61)64(44-19-5-2-6-20-44)66(58)46-39-35-42(36-40-46)62-53-27-13-9-23-49(53)50-24-10-14-28-54(50)62/h1-40H/q+2. The second-order valence-corrected chi connectivity index (χ2v) is 21.1. The van der Waals surface area contributed by atoms with Crippen LogP contribution in [-0.2, 0) is 0 Å². The zero-order valence-electron chi connectivity index (χ0n) is 35.8. The van der Waals surface area contributed by atoms with Crippen molar-refractivity contribution in [1.29, 1.82) is 0 Å². The number of hydrogen-bond acceptors (Lipinski definition) is 0. The van der Waals surface area contributed by atoms with Crippen LogP contribution in [-0.4, -0.2) is 17.8 Å². The molecular formula is C60H40N4P2+2. The van der Waals surface area contributed by atoms with Gasteiger partial charge in [-0.1, -0.05) is 121 Å². The molecule has 0 aliphatic carbocycles. The summed E-state index contributed by atoms with van der Waals surface area (Å²) >= 11 is 0. The minimum absolute atomic E-state index is 1.05. The summed E-state index contributed by atoms with van der Waals surface area (Å²) < 4.78 is 10.2. The molecule has 14 rings (SSSR count). The Labute approximate surface area is 382 Å². The van der Waals surface area contributed by atoms with Gasteiger partial charge in [-0.05, 0) is 121 Å². The second kappa shape index (κ2) is 14.8. The minimum atomic E-state index is -1.05. The van der Waals surface area contributed by atoms with Crippen molar-refractivity contribution in [3.8, 4) is 33.4 Å². The molecule has 0 N–H and O–H groups in total. The summed E-state index contributed by atoms with van der Waals surface area (Å²) in [6.07, 6.45) is 0. The van der Waals surface area contributed by atoms with Crippen LogP contribution in [0.3, 0.4) is 0 Å². The van der Waals surface area contributed by atoms with Gasteiger partial charge in [0.2, 0.25) is 0 Å². The topological polar surface area (TPSA) is 19.7 Å². The van der Waals surface area contributed by atoms with E-state index in [2.05, 4.69) is 260 Å². The average Bonchev–Trinajstić information content (AvgIpc) is 3.91. The Kier molecular flexibility index (Phi) is 8.37. The molecule has 0 saturated heterocycles. The van der Waals surface area contributed by atoms with Crippen LogP contribution in [0.2, 0.25) is 0 Å². The monoisotopic (exact) mass is 878 g/mol. The molecule has 0 saturated carbocycles. The van der Waals surface area contributed by atoms with Crippen molar-refractivity contribution in [3.05, 3.63) is 253 Å². The Morgan fingerprint density at radius 2 is 0.530 bits per heavy atom. The van der Waals surface area contributed by atoms with Crippen LogP contribution >= 0.6 is 15.4 Å². The van der Waals surface area contributed by atoms with Gasteiger partial charge in [-0.15, -0.1) is 0 Å². The molecule has 0 bridgehead atoms. The molecule has 12 aromatic rings. The lowest BCUT2D eigenvalue weighted by Gasteiger charge is -2.16. The predicted octanol–water partition coefficient (Wildman–Crippen LogP) is 17.0. The third-order valence-electron chi connectivity index (χ3n) is 13.5. The van der Waals surface area contributed by atoms with E-state index in [1.165, 1.54) is 97.3 Å². The Balaban J connectivity index is 1.05. The fourth-order valence-corrected chi connectivity index (χ4v) is 15.9. The molecule has 0 spiro atoms. The zero-order valence-corrected chi connectivity index (χ0v) is 37.6. The fraction of sp³-hybridized carbons (Fsp3) is 0. The molecule has 0 amide bonds. The van der Waals surface area contributed by atoms with Gasteiger partial charge < -0.3 is 9.13 Å². The highest BCUT2D eigenvalue weighted by Crippen LogP contribution is 2.54. The largest absolute Gasteiger partial charge is 0.309 e. The highest BCUT2D eigenvalue weighted by molar-refractivity contribution is 7.60. The van der Waals surface area contributed by atoms with Crippen molar-refractivity contribution in [1.82, 2.24) is 17.8 Å². The molecule has 2 aliphatic heterocycles. The van der Waals surface area contributed by atoms with E-state index >= 15 is 0 Å². The van der Waals surface area contributed by atoms with Crippen molar-refractivity contribution < 1.29 is 0 Å². The Morgan fingerprint density at radius 1 is 0.227 bits per heavy atom. The molecule has 2 aromatic heterocycles. The van der Waals surface area contributed by atoms with Gasteiger partial charge in [0.1, 0.15) is 0 Å². The second-order valence-electron chi connectivity index (χ2n) is 17.0. The highest BCUT2D eigenvalue weighted by Gasteiger charge is 2.33. The first-order valence-electron chi connectivity index (χ1n) is 22.5. The first-order chi connectivity index (χ1) is 32.8. The molecular weight excluding hydrogens is 839 g/mol. The highest BCUT2D eigenvalue weighted by atomic mass is 31.1. The fourth-order valence-electron chi connectivity index (χ4n) is 10.7. The SMILES string of the molecule is c1ccc(-n2c3cccc4c3=c3c(cccc3[p+]2-c2ccc(-n3c5ccccc5c5ccccc53)cc2)n(-c2ccccc2)[p+]4-c2ccc(-n3c4ccccc4c4ccccc43)cc2)cc1. The van der Waals surface area contributed by atoms with Crippen LogP contribution in [0.4, 0.5) is 0 Å². The van der Waals surface area contributed by atoms with Crippen LogP contribution < -0.4 is 0 Å². The number of fused-ring (bicyclic) bond motifs is 6. The number of aromatic nitrogens is 4. The molecule has 6 heteroatoms. The molecule has 308 valence electrons. The van der Waals surface area contributed by atoms with Crippen molar-refractivity contribution in [2.45, 2.75) is 0 Å². The predicted molar refractivity (Wildman–Crippen MR) is 281 cm³/mol. The molecule has 2 atom stereocenters. The molecule has 2 aliphatic rings. The van der Waals surface area contributed by atoms with E-state index in [1.54, 1.807) is 0 Å². The van der Waals surface area contributed by atoms with Crippen LogP contribution in [0.1, 0.15) is 0 Å². The van der Waals surface area contributed by atoms with Crippen molar-refractivity contribution in [3.63, 3.8) is 0 Å². The molecule has 0 fully saturated rings. The Hall–Kier alpha value is -8.00. The van der Waals surface area contributed by atoms with E-state index in [-0.39, 0.29) is 0 Å². The van der Waals surface area contributed by atoms with Crippen LogP contribution in [0.25, 0.3) is 98.2 Å². The van der Waals surface area contributed by atoms with E-state index < -0.39 is 15.4 Å². The first kappa shape index (κ1) is 37.4. The Morgan fingerprint density at radius 3 is 0.879 bits per heavy atom. The lowest BCUT2D eigenvalue weighted by molar-refractivity contribution is 1.18. The lowest BCUT2D eigenvalue weighted by atomic mass is 10.1. The van der Waals surface area contributed by atoms with Gasteiger partial charge in [0.15, 0.2) is 20.8 Å². The summed E-state index contributed by atoms with van der Waals surface area (Å²) in [6.45, 7) is 0. The van der Waals surface area contributed by atoms with E-state index in [0.29, 0.717) is 0 Å². The average molecular weight is 879 g/mol. The van der Waals surface area contributed by atoms with Gasteiger partial charge in [-0.2, -0.15) is 8.66 Å². The van der Waals surface area contributed by atoms with Gasteiger partial charge in [0, 0.05) is 32.9 Å². The minimum Gasteiger partial charge on any atom is -0.309 e. The van der Waals surface area contributed by atoms with Gasteiger partial charge >= 0.3 is 0 Å². The molecule has 4 heterocycles. The summed E-state index contributed by atoms with van der Waals surface area (Å²) in [7, 11) is -2.10. The Bertz CT molecular complexity index is 3870. The van der Waals surface area contributed by atoms with E-state index in [1.807, 2.05) is 0 Å². The van der Waals surface area contributed by atoms with Crippen LogP contribution in [0, 0.1) is 10.4 Å². The summed E-state index contributed by atoms with van der Waals surface area (Å²) in [4.78, 5) is 0. The molecule has 2 unspecified atom stereocenters. The number of benzene rings is 10. The molecule has 0 radical (unpaired) electrons. The van der Waals surface area contributed by atoms with Gasteiger partial charge in [0.25, 0.3) is 15.4 Å². The molecule has 66 heavy (non-hydrogen) atoms. The third-order valence-corrected chi connectivity index (χ3v) is 18.4. The van der Waals surface area contributed by atoms with Crippen LogP contribution in [0.15, 0.2) is 243 Å². The number of rotatable bonds is 6. The third kappa shape index (κ3) is 5.47. The quantitative estimate of drug-likeness (QED) is 0.159. The summed E-state index contributed by atoms with van der Waals surface area (Å²) in [6, 6.07) is 90.2. The number of para-hydroxylation sites is 6. The lowest BCUT2D eigenvalue weighted by Crippen LogP contribution is -2.04. The normalized spacial score (nSPS) is 12.5. The van der Waals surface area contributed by atoms with E-state index in [4.69, 9.17) is 0 Å². The van der Waals surface area contributed by atoms with Gasteiger partial charge in [-0.3, -0.25) is 0 Å². The first-order valence-corrected chi connectivity index (χ1v) is 25.1. The summed E-state index contributed by atoms with van der Waals surface area (Å²) in [5.41, 5.74) is 12.1. The molecule has 10 aromatic carbocycles.